The predicted molar refractivity (Wildman–Crippen MR) is 119 cm³/mol. The number of alkyl halides is 3. The number of alkyl carbamates (subject to hydrolysis) is 1. The standard InChI is InChI=1S/C24H25F3N2O6/c1-34-12-6-11-19(21(30)29-20(22(31)32)24(25,26)27)28-23(33)35-13-18-16-9-4-2-7-14(16)15-8-3-5-10-17(15)18/h2-5,7-10,18-20H,6,11-13H2,1H3,(H,28,33)(H,29,30)(H,31,32). The fraction of sp³-hybridized carbons (Fsp3) is 0.375. The van der Waals surface area contributed by atoms with Crippen molar-refractivity contribution in [1.82, 2.24) is 10.6 Å². The Balaban J connectivity index is 1.68. The third-order valence-corrected chi connectivity index (χ3v) is 5.65. The van der Waals surface area contributed by atoms with E-state index in [1.54, 1.807) is 0 Å². The summed E-state index contributed by atoms with van der Waals surface area (Å²) in [5.41, 5.74) is 3.96. The number of nitrogens with one attached hydrogen (secondary N) is 2. The smallest absolute Gasteiger partial charge is 0.419 e. The van der Waals surface area contributed by atoms with Gasteiger partial charge in [-0.25, -0.2) is 9.59 Å². The van der Waals surface area contributed by atoms with Gasteiger partial charge in [-0.1, -0.05) is 48.5 Å². The van der Waals surface area contributed by atoms with Crippen molar-refractivity contribution in [3.8, 4) is 11.1 Å². The number of fused-ring (bicyclic) bond motifs is 3. The van der Waals surface area contributed by atoms with Crippen molar-refractivity contribution in [3.63, 3.8) is 0 Å². The number of rotatable bonds is 10. The van der Waals surface area contributed by atoms with Crippen molar-refractivity contribution in [2.45, 2.75) is 37.0 Å². The van der Waals surface area contributed by atoms with Gasteiger partial charge in [0, 0.05) is 19.6 Å². The van der Waals surface area contributed by atoms with E-state index in [0.29, 0.717) is 0 Å². The zero-order valence-corrected chi connectivity index (χ0v) is 18.8. The van der Waals surface area contributed by atoms with Crippen LogP contribution in [0, 0.1) is 0 Å². The lowest BCUT2D eigenvalue weighted by Crippen LogP contribution is -2.56. The number of halogens is 3. The van der Waals surface area contributed by atoms with Gasteiger partial charge in [0.05, 0.1) is 0 Å². The molecule has 2 aromatic rings. The Bertz CT molecular complexity index is 1030. The first-order valence-electron chi connectivity index (χ1n) is 10.8. The highest BCUT2D eigenvalue weighted by Gasteiger charge is 2.47. The minimum absolute atomic E-state index is 0.0629. The number of benzene rings is 2. The third-order valence-electron chi connectivity index (χ3n) is 5.65. The lowest BCUT2D eigenvalue weighted by molar-refractivity contribution is -0.182. The highest BCUT2D eigenvalue weighted by molar-refractivity contribution is 5.89. The van der Waals surface area contributed by atoms with Crippen LogP contribution in [0.3, 0.4) is 0 Å². The summed E-state index contributed by atoms with van der Waals surface area (Å²) in [6.07, 6.45) is -6.08. The molecule has 11 heteroatoms. The van der Waals surface area contributed by atoms with Crippen LogP contribution in [0.4, 0.5) is 18.0 Å². The number of carboxylic acids is 1. The second-order valence-electron chi connectivity index (χ2n) is 7.98. The van der Waals surface area contributed by atoms with Crippen LogP contribution >= 0.6 is 0 Å². The van der Waals surface area contributed by atoms with Gasteiger partial charge in [-0.15, -0.1) is 0 Å². The molecule has 0 radical (unpaired) electrons. The summed E-state index contributed by atoms with van der Waals surface area (Å²) in [6, 6.07) is 10.8. The van der Waals surface area contributed by atoms with Gasteiger partial charge in [0.1, 0.15) is 12.6 Å². The number of hydrogen-bond donors (Lipinski definition) is 3. The van der Waals surface area contributed by atoms with E-state index in [9.17, 15) is 27.6 Å². The molecule has 2 amide bonds. The van der Waals surface area contributed by atoms with E-state index in [-0.39, 0.29) is 32.0 Å². The summed E-state index contributed by atoms with van der Waals surface area (Å²) in [7, 11) is 1.40. The van der Waals surface area contributed by atoms with E-state index in [0.717, 1.165) is 22.3 Å². The topological polar surface area (TPSA) is 114 Å². The molecule has 0 aliphatic heterocycles. The number of hydrogen-bond acceptors (Lipinski definition) is 5. The predicted octanol–water partition coefficient (Wildman–Crippen LogP) is 3.45. The van der Waals surface area contributed by atoms with Gasteiger partial charge in [0.15, 0.2) is 0 Å². The molecular formula is C24H25F3N2O6. The highest BCUT2D eigenvalue weighted by Crippen LogP contribution is 2.44. The molecule has 1 aliphatic carbocycles. The van der Waals surface area contributed by atoms with Crippen molar-refractivity contribution >= 4 is 18.0 Å². The average Bonchev–Trinajstić information content (AvgIpc) is 3.13. The van der Waals surface area contributed by atoms with Crippen molar-refractivity contribution in [3.05, 3.63) is 59.7 Å². The van der Waals surface area contributed by atoms with Crippen molar-refractivity contribution < 1.29 is 42.1 Å². The fourth-order valence-electron chi connectivity index (χ4n) is 4.01. The molecule has 0 bridgehead atoms. The van der Waals surface area contributed by atoms with Crippen LogP contribution in [0.25, 0.3) is 11.1 Å². The Morgan fingerprint density at radius 2 is 1.57 bits per heavy atom. The molecule has 0 fully saturated rings. The van der Waals surface area contributed by atoms with Crippen LogP contribution in [0.1, 0.15) is 29.9 Å². The normalized spacial score (nSPS) is 14.4. The van der Waals surface area contributed by atoms with E-state index < -0.39 is 36.2 Å². The van der Waals surface area contributed by atoms with Gasteiger partial charge in [-0.05, 0) is 35.1 Å². The maximum atomic E-state index is 13.0. The molecule has 188 valence electrons. The van der Waals surface area contributed by atoms with Gasteiger partial charge in [-0.3, -0.25) is 4.79 Å². The number of ether oxygens (including phenoxy) is 2. The third kappa shape index (κ3) is 6.30. The molecular weight excluding hydrogens is 469 g/mol. The second kappa shape index (κ2) is 11.2. The van der Waals surface area contributed by atoms with Crippen molar-refractivity contribution in [2.24, 2.45) is 0 Å². The second-order valence-corrected chi connectivity index (χ2v) is 7.98. The van der Waals surface area contributed by atoms with E-state index in [4.69, 9.17) is 14.6 Å². The van der Waals surface area contributed by atoms with Crippen LogP contribution in [0.15, 0.2) is 48.5 Å². The Labute approximate surface area is 199 Å². The van der Waals surface area contributed by atoms with E-state index in [1.165, 1.54) is 12.4 Å². The zero-order chi connectivity index (χ0) is 25.6. The van der Waals surface area contributed by atoms with Gasteiger partial charge < -0.3 is 25.2 Å². The van der Waals surface area contributed by atoms with Crippen LogP contribution < -0.4 is 10.6 Å². The summed E-state index contributed by atoms with van der Waals surface area (Å²) in [5, 5.41) is 12.5. The average molecular weight is 494 g/mol. The first-order valence-corrected chi connectivity index (χ1v) is 10.8. The quantitative estimate of drug-likeness (QED) is 0.436. The Morgan fingerprint density at radius 1 is 1.00 bits per heavy atom. The van der Waals surface area contributed by atoms with Crippen LogP contribution in [-0.4, -0.2) is 61.7 Å². The Kier molecular flexibility index (Phi) is 8.34. The molecule has 0 heterocycles. The molecule has 0 saturated heterocycles. The molecule has 0 saturated carbocycles. The Morgan fingerprint density at radius 3 is 2.09 bits per heavy atom. The summed E-state index contributed by atoms with van der Waals surface area (Å²) >= 11 is 0. The van der Waals surface area contributed by atoms with Crippen molar-refractivity contribution in [1.29, 1.82) is 0 Å². The number of carbonyl (C=O) groups excluding carboxylic acids is 2. The number of amides is 2. The van der Waals surface area contributed by atoms with E-state index in [1.807, 2.05) is 48.5 Å². The van der Waals surface area contributed by atoms with Crippen LogP contribution in [-0.2, 0) is 19.1 Å². The van der Waals surface area contributed by atoms with E-state index >= 15 is 0 Å². The maximum absolute atomic E-state index is 13.0. The van der Waals surface area contributed by atoms with Crippen molar-refractivity contribution in [2.75, 3.05) is 20.3 Å². The maximum Gasteiger partial charge on any atom is 0.419 e. The first-order chi connectivity index (χ1) is 16.6. The molecule has 8 nitrogen and oxygen atoms in total. The summed E-state index contributed by atoms with van der Waals surface area (Å²) < 4.78 is 49.1. The molecule has 2 unspecified atom stereocenters. The Hall–Kier alpha value is -3.60. The number of methoxy groups -OCH3 is 1. The molecule has 2 aromatic carbocycles. The minimum atomic E-state index is -5.21. The minimum Gasteiger partial charge on any atom is -0.479 e. The van der Waals surface area contributed by atoms with E-state index in [2.05, 4.69) is 5.32 Å². The van der Waals surface area contributed by atoms with Gasteiger partial charge in [0.25, 0.3) is 0 Å². The molecule has 35 heavy (non-hydrogen) atoms. The first kappa shape index (κ1) is 26.0. The van der Waals surface area contributed by atoms with Gasteiger partial charge >= 0.3 is 18.2 Å². The monoisotopic (exact) mass is 494 g/mol. The SMILES string of the molecule is COCCCC(NC(=O)OCC1c2ccccc2-c2ccccc21)C(=O)NC(C(=O)O)C(F)(F)F. The molecule has 3 rings (SSSR count). The van der Waals surface area contributed by atoms with Gasteiger partial charge in [-0.2, -0.15) is 13.2 Å². The molecule has 1 aliphatic rings. The molecule has 3 N–H and O–H groups in total. The summed E-state index contributed by atoms with van der Waals surface area (Å²) in [4.78, 5) is 35.9. The lowest BCUT2D eigenvalue weighted by atomic mass is 9.98. The highest BCUT2D eigenvalue weighted by atomic mass is 19.4. The zero-order valence-electron chi connectivity index (χ0n) is 18.8. The summed E-state index contributed by atoms with van der Waals surface area (Å²) in [5.74, 6) is -3.81. The summed E-state index contributed by atoms with van der Waals surface area (Å²) in [6.45, 7) is 0.115. The largest absolute Gasteiger partial charge is 0.479 e. The molecule has 2 atom stereocenters. The number of carboxylic acid groups (broad SMARTS) is 1. The van der Waals surface area contributed by atoms with Crippen LogP contribution in [0.5, 0.6) is 0 Å². The fourth-order valence-corrected chi connectivity index (χ4v) is 4.01. The van der Waals surface area contributed by atoms with Gasteiger partial charge in [0.2, 0.25) is 11.9 Å². The lowest BCUT2D eigenvalue weighted by Gasteiger charge is -2.23. The number of carbonyl (C=O) groups is 3. The molecule has 0 spiro atoms. The molecule has 0 aromatic heterocycles. The van der Waals surface area contributed by atoms with Crippen LogP contribution in [0.2, 0.25) is 0 Å². The number of aliphatic carboxylic acids is 1.